The van der Waals surface area contributed by atoms with Crippen LogP contribution in [0.4, 0.5) is 22.4 Å². The van der Waals surface area contributed by atoms with Crippen molar-refractivity contribution in [3.05, 3.63) is 99.7 Å². The zero-order chi connectivity index (χ0) is 40.6. The second-order valence-electron chi connectivity index (χ2n) is 15.2. The number of nitrogens with zero attached hydrogens (tertiary/aromatic N) is 4. The fraction of sp³-hybridized carbons (Fsp3) is 0.405. The van der Waals surface area contributed by atoms with Crippen LogP contribution in [-0.4, -0.2) is 88.7 Å². The van der Waals surface area contributed by atoms with Crippen molar-refractivity contribution in [2.45, 2.75) is 63.3 Å². The summed E-state index contributed by atoms with van der Waals surface area (Å²) in [6.07, 6.45) is 0.200. The van der Waals surface area contributed by atoms with E-state index < -0.39 is 29.4 Å². The molecule has 1 N–H and O–H groups in total. The minimum Gasteiger partial charge on any atom is -0.405 e. The molecule has 0 spiro atoms. The summed E-state index contributed by atoms with van der Waals surface area (Å²) in [4.78, 5) is 68.6. The Hall–Kier alpha value is -5.73. The fourth-order valence-corrected chi connectivity index (χ4v) is 8.30. The number of fused-ring (bicyclic) bond motifs is 1. The molecule has 3 saturated heterocycles. The Morgan fingerprint density at radius 3 is 2.21 bits per heavy atom. The number of carbonyl (C=O) groups is 4. The Bertz CT molecular complexity index is 2260. The molecule has 0 bridgehead atoms. The Labute approximate surface area is 326 Å². The number of aromatic nitrogens is 1. The first-order valence-electron chi connectivity index (χ1n) is 19.1. The lowest BCUT2D eigenvalue weighted by Crippen LogP contribution is -2.52. The number of halogens is 4. The first kappa shape index (κ1) is 39.5. The van der Waals surface area contributed by atoms with Crippen LogP contribution in [0.1, 0.15) is 65.9 Å². The number of alkyl halides is 3. The average Bonchev–Trinajstić information content (AvgIpc) is 3.19. The van der Waals surface area contributed by atoms with Gasteiger partial charge in [0, 0.05) is 75.8 Å². The highest BCUT2D eigenvalue weighted by Crippen LogP contribution is 2.36. The molecule has 1 aromatic heterocycles. The Morgan fingerprint density at radius 1 is 0.860 bits per heavy atom. The standard InChI is InChI=1S/C42H43F4N5O6/c1-48-24-35(34-23-30(43)9-11-32(34)39(48)54)28-7-10-33(36(22-28)57-42(44,45)46)40(55)50-19-15-31(16-20-50)49(2)41(56)51-17-13-27(14-18-51)26-5-3-25(4-6-26)21-29-8-12-37(52)47-38(29)53/h3-7,9-11,22-24,27,29,31H,8,12-21H2,1-2H3,(H,47,52,53). The number of piperidine rings is 3. The molecule has 0 aliphatic carbocycles. The van der Waals surface area contributed by atoms with Crippen LogP contribution in [0.5, 0.6) is 5.75 Å². The van der Waals surface area contributed by atoms with Crippen molar-refractivity contribution in [3.63, 3.8) is 0 Å². The van der Waals surface area contributed by atoms with Gasteiger partial charge in [0.15, 0.2) is 0 Å². The van der Waals surface area contributed by atoms with Gasteiger partial charge in [-0.15, -0.1) is 13.2 Å². The van der Waals surface area contributed by atoms with E-state index in [1.165, 1.54) is 46.5 Å². The highest BCUT2D eigenvalue weighted by Gasteiger charge is 2.36. The minimum atomic E-state index is -5.11. The second-order valence-corrected chi connectivity index (χ2v) is 15.2. The van der Waals surface area contributed by atoms with Gasteiger partial charge in [-0.25, -0.2) is 9.18 Å². The molecule has 300 valence electrons. The summed E-state index contributed by atoms with van der Waals surface area (Å²) in [5.41, 5.74) is 1.98. The van der Waals surface area contributed by atoms with Gasteiger partial charge in [-0.05, 0) is 96.9 Å². The highest BCUT2D eigenvalue weighted by atomic mass is 19.4. The van der Waals surface area contributed by atoms with Crippen LogP contribution in [0.2, 0.25) is 0 Å². The molecule has 1 unspecified atom stereocenters. The van der Waals surface area contributed by atoms with Gasteiger partial charge in [0.1, 0.15) is 11.6 Å². The van der Waals surface area contributed by atoms with E-state index in [2.05, 4.69) is 22.2 Å². The van der Waals surface area contributed by atoms with E-state index in [-0.39, 0.29) is 76.3 Å². The molecule has 1 atom stereocenters. The maximum atomic E-state index is 14.2. The smallest absolute Gasteiger partial charge is 0.405 e. The number of ether oxygens (including phenoxy) is 1. The van der Waals surface area contributed by atoms with E-state index in [4.69, 9.17) is 0 Å². The number of amides is 5. The minimum absolute atomic E-state index is 0.111. The van der Waals surface area contributed by atoms with Crippen LogP contribution in [0.3, 0.4) is 0 Å². The summed E-state index contributed by atoms with van der Waals surface area (Å²) < 4.78 is 60.8. The fourth-order valence-electron chi connectivity index (χ4n) is 8.30. The molecule has 7 rings (SSSR count). The molecular formula is C42H43F4N5O6. The highest BCUT2D eigenvalue weighted by molar-refractivity contribution is 6.00. The predicted octanol–water partition coefficient (Wildman–Crippen LogP) is 6.37. The van der Waals surface area contributed by atoms with Crippen molar-refractivity contribution < 1.29 is 41.5 Å². The van der Waals surface area contributed by atoms with E-state index in [1.54, 1.807) is 11.9 Å². The van der Waals surface area contributed by atoms with Gasteiger partial charge in [-0.3, -0.25) is 24.5 Å². The van der Waals surface area contributed by atoms with Crippen molar-refractivity contribution >= 4 is 34.5 Å². The van der Waals surface area contributed by atoms with E-state index in [0.29, 0.717) is 45.2 Å². The molecule has 57 heavy (non-hydrogen) atoms. The average molecular weight is 790 g/mol. The second kappa shape index (κ2) is 16.0. The van der Waals surface area contributed by atoms with Gasteiger partial charge in [0.2, 0.25) is 11.8 Å². The first-order chi connectivity index (χ1) is 27.1. The van der Waals surface area contributed by atoms with Crippen LogP contribution in [0.15, 0.2) is 71.7 Å². The van der Waals surface area contributed by atoms with Crippen molar-refractivity contribution in [1.82, 2.24) is 24.6 Å². The van der Waals surface area contributed by atoms with E-state index in [9.17, 15) is 41.5 Å². The van der Waals surface area contributed by atoms with Crippen molar-refractivity contribution in [3.8, 4) is 16.9 Å². The Morgan fingerprint density at radius 2 is 1.54 bits per heavy atom. The predicted molar refractivity (Wildman–Crippen MR) is 203 cm³/mol. The first-order valence-corrected chi connectivity index (χ1v) is 19.1. The summed E-state index contributed by atoms with van der Waals surface area (Å²) in [5.74, 6) is -2.38. The zero-order valence-electron chi connectivity index (χ0n) is 31.6. The summed E-state index contributed by atoms with van der Waals surface area (Å²) in [5, 5.41) is 2.79. The molecule has 5 amide bonds. The number of likely N-dealkylation sites (tertiary alicyclic amines) is 2. The van der Waals surface area contributed by atoms with Gasteiger partial charge >= 0.3 is 12.4 Å². The Balaban J connectivity index is 0.957. The SMILES string of the molecule is CN(C(=O)N1CCC(c2ccc(CC3CCC(=O)NC3=O)cc2)CC1)C1CCN(C(=O)c2ccc(-c3cn(C)c(=O)c4ccc(F)cc34)cc2OC(F)(F)F)CC1. The molecule has 3 aliphatic rings. The molecule has 15 heteroatoms. The topological polar surface area (TPSA) is 121 Å². The number of rotatable bonds is 7. The van der Waals surface area contributed by atoms with Crippen LogP contribution in [0.25, 0.3) is 21.9 Å². The number of urea groups is 1. The van der Waals surface area contributed by atoms with E-state index >= 15 is 0 Å². The third kappa shape index (κ3) is 8.66. The quantitative estimate of drug-likeness (QED) is 0.172. The van der Waals surface area contributed by atoms with Crippen LogP contribution >= 0.6 is 0 Å². The van der Waals surface area contributed by atoms with Gasteiger partial charge in [0.05, 0.1) is 5.56 Å². The number of nitrogens with one attached hydrogen (secondary N) is 1. The summed E-state index contributed by atoms with van der Waals surface area (Å²) in [6, 6.07) is 15.3. The molecule has 3 aliphatic heterocycles. The van der Waals surface area contributed by atoms with E-state index in [0.717, 1.165) is 36.6 Å². The lowest BCUT2D eigenvalue weighted by Gasteiger charge is -2.40. The summed E-state index contributed by atoms with van der Waals surface area (Å²) in [7, 11) is 3.22. The van der Waals surface area contributed by atoms with Crippen molar-refractivity contribution in [2.75, 3.05) is 33.2 Å². The summed E-state index contributed by atoms with van der Waals surface area (Å²) in [6.45, 7) is 1.57. The zero-order valence-corrected chi connectivity index (χ0v) is 31.6. The number of pyridine rings is 1. The van der Waals surface area contributed by atoms with Gasteiger partial charge in [-0.1, -0.05) is 30.3 Å². The Kier molecular flexibility index (Phi) is 11.1. The number of carbonyl (C=O) groups excluding carboxylic acids is 4. The third-order valence-electron chi connectivity index (χ3n) is 11.5. The lowest BCUT2D eigenvalue weighted by atomic mass is 9.87. The maximum Gasteiger partial charge on any atom is 0.573 e. The van der Waals surface area contributed by atoms with Gasteiger partial charge in [-0.2, -0.15) is 0 Å². The van der Waals surface area contributed by atoms with Crippen LogP contribution in [0, 0.1) is 11.7 Å². The molecule has 3 aromatic carbocycles. The number of imide groups is 1. The van der Waals surface area contributed by atoms with Crippen molar-refractivity contribution in [1.29, 1.82) is 0 Å². The number of hydrogen-bond acceptors (Lipinski definition) is 6. The monoisotopic (exact) mass is 789 g/mol. The normalized spacial score (nSPS) is 18.5. The molecule has 4 aromatic rings. The molecule has 0 radical (unpaired) electrons. The molecular weight excluding hydrogens is 746 g/mol. The van der Waals surface area contributed by atoms with Crippen LogP contribution in [-0.2, 0) is 23.1 Å². The van der Waals surface area contributed by atoms with Gasteiger partial charge < -0.3 is 24.0 Å². The largest absolute Gasteiger partial charge is 0.573 e. The number of aryl methyl sites for hydroxylation is 1. The number of benzene rings is 3. The van der Waals surface area contributed by atoms with Crippen LogP contribution < -0.4 is 15.6 Å². The van der Waals surface area contributed by atoms with Gasteiger partial charge in [0.25, 0.3) is 11.5 Å². The van der Waals surface area contributed by atoms with E-state index in [1.807, 2.05) is 17.0 Å². The van der Waals surface area contributed by atoms with Crippen molar-refractivity contribution in [2.24, 2.45) is 13.0 Å². The third-order valence-corrected chi connectivity index (χ3v) is 11.5. The summed E-state index contributed by atoms with van der Waals surface area (Å²) >= 11 is 0. The molecule has 3 fully saturated rings. The maximum absolute atomic E-state index is 14.2. The lowest BCUT2D eigenvalue weighted by molar-refractivity contribution is -0.274. The molecule has 11 nitrogen and oxygen atoms in total. The molecule has 4 heterocycles. The molecule has 0 saturated carbocycles. The number of hydrogen-bond donors (Lipinski definition) is 1.